The van der Waals surface area contributed by atoms with Crippen molar-refractivity contribution < 1.29 is 4.74 Å². The Labute approximate surface area is 118 Å². The van der Waals surface area contributed by atoms with Gasteiger partial charge in [0.15, 0.2) is 0 Å². The molecule has 0 amide bonds. The van der Waals surface area contributed by atoms with Crippen molar-refractivity contribution >= 4 is 11.6 Å². The Kier molecular flexibility index (Phi) is 4.40. The molecule has 0 saturated carbocycles. The van der Waals surface area contributed by atoms with Gasteiger partial charge in [0, 0.05) is 11.1 Å². The number of nitrogens with one attached hydrogen (secondary N) is 1. The minimum absolute atomic E-state index is 0.224. The van der Waals surface area contributed by atoms with Crippen LogP contribution in [0.1, 0.15) is 24.2 Å². The van der Waals surface area contributed by atoms with Crippen molar-refractivity contribution in [3.8, 4) is 11.5 Å². The fourth-order valence-electron chi connectivity index (χ4n) is 1.67. The van der Waals surface area contributed by atoms with Crippen molar-refractivity contribution in [3.63, 3.8) is 0 Å². The van der Waals surface area contributed by atoms with Crippen molar-refractivity contribution in [3.05, 3.63) is 52.8 Å². The maximum atomic E-state index is 5.96. The molecule has 0 saturated heterocycles. The summed E-state index contributed by atoms with van der Waals surface area (Å²) in [7, 11) is 1.91. The second-order valence-corrected chi connectivity index (χ2v) is 4.88. The van der Waals surface area contributed by atoms with Crippen LogP contribution in [0.25, 0.3) is 0 Å². The van der Waals surface area contributed by atoms with Crippen LogP contribution >= 0.6 is 11.6 Å². The van der Waals surface area contributed by atoms with Crippen molar-refractivity contribution in [2.24, 2.45) is 0 Å². The lowest BCUT2D eigenvalue weighted by atomic mass is 10.2. The Hall–Kier alpha value is -1.58. The van der Waals surface area contributed by atoms with Gasteiger partial charge in [0.05, 0.1) is 11.9 Å². The Balaban J connectivity index is 2.17. The largest absolute Gasteiger partial charge is 0.455 e. The minimum Gasteiger partial charge on any atom is -0.455 e. The predicted octanol–water partition coefficient (Wildman–Crippen LogP) is 4.12. The average molecular weight is 277 g/mol. The van der Waals surface area contributed by atoms with Crippen LogP contribution in [0.15, 0.2) is 36.5 Å². The van der Waals surface area contributed by atoms with Crippen LogP contribution in [0.2, 0.25) is 5.02 Å². The number of hydrogen-bond donors (Lipinski definition) is 1. The zero-order valence-corrected chi connectivity index (χ0v) is 12.0. The number of hydrogen-bond acceptors (Lipinski definition) is 3. The number of aromatic nitrogens is 1. The number of rotatable bonds is 4. The molecule has 19 heavy (non-hydrogen) atoms. The third-order valence-corrected chi connectivity index (χ3v) is 3.25. The molecule has 100 valence electrons. The first-order valence-electron chi connectivity index (χ1n) is 6.17. The van der Waals surface area contributed by atoms with Gasteiger partial charge in [-0.2, -0.15) is 0 Å². The summed E-state index contributed by atoms with van der Waals surface area (Å²) in [6.07, 6.45) is 1.73. The third-order valence-electron chi connectivity index (χ3n) is 3.01. The summed E-state index contributed by atoms with van der Waals surface area (Å²) in [5.74, 6) is 1.46. The fraction of sp³-hybridized carbons (Fsp3) is 0.267. The smallest absolute Gasteiger partial charge is 0.145 e. The monoisotopic (exact) mass is 276 g/mol. The Morgan fingerprint density at radius 3 is 2.68 bits per heavy atom. The van der Waals surface area contributed by atoms with Crippen molar-refractivity contribution in [1.29, 1.82) is 0 Å². The number of nitrogens with zero attached hydrogens (tertiary/aromatic N) is 1. The van der Waals surface area contributed by atoms with Crippen LogP contribution in [0.4, 0.5) is 0 Å². The quantitative estimate of drug-likeness (QED) is 0.912. The molecule has 3 nitrogen and oxygen atoms in total. The summed E-state index contributed by atoms with van der Waals surface area (Å²) < 4.78 is 5.79. The topological polar surface area (TPSA) is 34.1 Å². The molecular weight excluding hydrogens is 260 g/mol. The molecule has 2 rings (SSSR count). The molecule has 0 spiro atoms. The van der Waals surface area contributed by atoms with Gasteiger partial charge in [-0.15, -0.1) is 0 Å². The standard InChI is InChI=1S/C15H17ClN2O/c1-10-4-5-12(16)8-15(10)19-13-6-7-14(18-9-13)11(2)17-3/h4-9,11,17H,1-3H3. The van der Waals surface area contributed by atoms with Gasteiger partial charge < -0.3 is 10.1 Å². The van der Waals surface area contributed by atoms with E-state index in [0.717, 1.165) is 17.0 Å². The summed E-state index contributed by atoms with van der Waals surface area (Å²) >= 11 is 5.96. The molecule has 1 unspecified atom stereocenters. The summed E-state index contributed by atoms with van der Waals surface area (Å²) in [4.78, 5) is 4.38. The SMILES string of the molecule is CNC(C)c1ccc(Oc2cc(Cl)ccc2C)cn1. The molecule has 0 aliphatic heterocycles. The number of aryl methyl sites for hydroxylation is 1. The Morgan fingerprint density at radius 2 is 2.05 bits per heavy atom. The van der Waals surface area contributed by atoms with Crippen LogP contribution in [0.5, 0.6) is 11.5 Å². The molecule has 2 aromatic rings. The lowest BCUT2D eigenvalue weighted by molar-refractivity contribution is 0.475. The van der Waals surface area contributed by atoms with Crippen LogP contribution in [0.3, 0.4) is 0 Å². The second kappa shape index (κ2) is 6.04. The fourth-order valence-corrected chi connectivity index (χ4v) is 1.83. The molecule has 4 heteroatoms. The second-order valence-electron chi connectivity index (χ2n) is 4.44. The number of benzene rings is 1. The Morgan fingerprint density at radius 1 is 1.26 bits per heavy atom. The van der Waals surface area contributed by atoms with E-state index in [2.05, 4.69) is 17.2 Å². The van der Waals surface area contributed by atoms with Gasteiger partial charge in [0.25, 0.3) is 0 Å². The van der Waals surface area contributed by atoms with E-state index in [9.17, 15) is 0 Å². The highest BCUT2D eigenvalue weighted by Gasteiger charge is 2.06. The van der Waals surface area contributed by atoms with Crippen LogP contribution < -0.4 is 10.1 Å². The van der Waals surface area contributed by atoms with Gasteiger partial charge in [-0.1, -0.05) is 17.7 Å². The molecule has 0 aliphatic rings. The van der Waals surface area contributed by atoms with Gasteiger partial charge in [0.2, 0.25) is 0 Å². The average Bonchev–Trinajstić information content (AvgIpc) is 2.43. The lowest BCUT2D eigenvalue weighted by Gasteiger charge is -2.11. The summed E-state index contributed by atoms with van der Waals surface area (Å²) in [5, 5.41) is 3.81. The van der Waals surface area contributed by atoms with E-state index in [4.69, 9.17) is 16.3 Å². The highest BCUT2D eigenvalue weighted by molar-refractivity contribution is 6.30. The van der Waals surface area contributed by atoms with Gasteiger partial charge in [-0.25, -0.2) is 0 Å². The molecule has 0 bridgehead atoms. The highest BCUT2D eigenvalue weighted by Crippen LogP contribution is 2.27. The first-order chi connectivity index (χ1) is 9.10. The molecule has 1 heterocycles. The molecule has 0 aliphatic carbocycles. The Bertz CT molecular complexity index is 555. The van der Waals surface area contributed by atoms with E-state index in [-0.39, 0.29) is 6.04 Å². The third kappa shape index (κ3) is 3.46. The van der Waals surface area contributed by atoms with Gasteiger partial charge in [0.1, 0.15) is 11.5 Å². The predicted molar refractivity (Wildman–Crippen MR) is 78.0 cm³/mol. The lowest BCUT2D eigenvalue weighted by Crippen LogP contribution is -2.13. The first-order valence-corrected chi connectivity index (χ1v) is 6.55. The van der Waals surface area contributed by atoms with E-state index >= 15 is 0 Å². The van der Waals surface area contributed by atoms with Crippen molar-refractivity contribution in [1.82, 2.24) is 10.3 Å². The first kappa shape index (κ1) is 13.8. The van der Waals surface area contributed by atoms with Crippen LogP contribution in [0, 0.1) is 6.92 Å². The molecule has 0 fully saturated rings. The van der Waals surface area contributed by atoms with Crippen molar-refractivity contribution in [2.75, 3.05) is 7.05 Å². The van der Waals surface area contributed by atoms with Gasteiger partial charge in [-0.05, 0) is 50.7 Å². The minimum atomic E-state index is 0.224. The van der Waals surface area contributed by atoms with E-state index in [1.165, 1.54) is 0 Å². The molecule has 1 aromatic heterocycles. The van der Waals surface area contributed by atoms with E-state index in [1.807, 2.05) is 38.2 Å². The molecule has 1 atom stereocenters. The maximum absolute atomic E-state index is 5.96. The number of ether oxygens (including phenoxy) is 1. The normalized spacial score (nSPS) is 12.2. The zero-order valence-electron chi connectivity index (χ0n) is 11.3. The summed E-state index contributed by atoms with van der Waals surface area (Å²) in [6.45, 7) is 4.04. The molecule has 0 radical (unpaired) electrons. The van der Waals surface area contributed by atoms with Crippen LogP contribution in [-0.4, -0.2) is 12.0 Å². The number of pyridine rings is 1. The van der Waals surface area contributed by atoms with E-state index < -0.39 is 0 Å². The zero-order chi connectivity index (χ0) is 13.8. The number of halogens is 1. The highest BCUT2D eigenvalue weighted by atomic mass is 35.5. The van der Waals surface area contributed by atoms with Gasteiger partial charge in [-0.3, -0.25) is 4.98 Å². The molecule has 1 N–H and O–H groups in total. The summed E-state index contributed by atoms with van der Waals surface area (Å²) in [5.41, 5.74) is 2.02. The summed E-state index contributed by atoms with van der Waals surface area (Å²) in [6, 6.07) is 9.68. The maximum Gasteiger partial charge on any atom is 0.145 e. The van der Waals surface area contributed by atoms with E-state index in [0.29, 0.717) is 10.8 Å². The van der Waals surface area contributed by atoms with Crippen molar-refractivity contribution in [2.45, 2.75) is 19.9 Å². The van der Waals surface area contributed by atoms with Crippen LogP contribution in [-0.2, 0) is 0 Å². The molecular formula is C15H17ClN2O. The molecule has 1 aromatic carbocycles. The van der Waals surface area contributed by atoms with E-state index in [1.54, 1.807) is 12.3 Å². The van der Waals surface area contributed by atoms with Gasteiger partial charge >= 0.3 is 0 Å².